The van der Waals surface area contributed by atoms with E-state index in [1.807, 2.05) is 34.6 Å². The van der Waals surface area contributed by atoms with Gasteiger partial charge in [-0.2, -0.15) is 0 Å². The van der Waals surface area contributed by atoms with Crippen LogP contribution in [0.4, 0.5) is 0 Å². The van der Waals surface area contributed by atoms with E-state index >= 15 is 0 Å². The van der Waals surface area contributed by atoms with Gasteiger partial charge in [0.05, 0.1) is 10.6 Å². The second kappa shape index (κ2) is 6.98. The second-order valence-corrected chi connectivity index (χ2v) is 7.77. The highest BCUT2D eigenvalue weighted by atomic mass is 32.2. The van der Waals surface area contributed by atoms with Gasteiger partial charge in [0.1, 0.15) is 0 Å². The number of hydrogen-bond donors (Lipinski definition) is 0. The summed E-state index contributed by atoms with van der Waals surface area (Å²) in [5, 5.41) is 12.2. The van der Waals surface area contributed by atoms with Gasteiger partial charge >= 0.3 is 0 Å². The van der Waals surface area contributed by atoms with Crippen LogP contribution in [0.2, 0.25) is 0 Å². The molecule has 1 radical (unpaired) electrons. The van der Waals surface area contributed by atoms with Gasteiger partial charge in [0.25, 0.3) is 0 Å². The van der Waals surface area contributed by atoms with Gasteiger partial charge in [-0.3, -0.25) is 5.11 Å². The van der Waals surface area contributed by atoms with Crippen molar-refractivity contribution in [3.63, 3.8) is 0 Å². The van der Waals surface area contributed by atoms with Gasteiger partial charge in [-0.25, -0.2) is 8.42 Å². The van der Waals surface area contributed by atoms with Crippen LogP contribution in [-0.4, -0.2) is 31.2 Å². The molecule has 0 amide bonds. The SMILES string of the molecule is Cc1ccc(S(=O)(=O)CC=C([O])N(C(C)C)C(C)C)cc1. The van der Waals surface area contributed by atoms with Crippen molar-refractivity contribution in [1.82, 2.24) is 4.90 Å². The first-order valence-electron chi connectivity index (χ1n) is 7.10. The fraction of sp³-hybridized carbons (Fsp3) is 0.500. The number of nitrogens with zero attached hydrogens (tertiary/aromatic N) is 1. The Labute approximate surface area is 128 Å². The standard InChI is InChI=1S/C16H24NO3S/c1-12(2)17(13(3)4)16(18)10-11-21(19,20)15-8-6-14(5)7-9-15/h6-10,12-13H,11H2,1-5H3. The lowest BCUT2D eigenvalue weighted by Gasteiger charge is -2.30. The molecule has 1 aromatic rings. The minimum absolute atomic E-state index is 0.0378. The number of rotatable bonds is 6. The monoisotopic (exact) mass is 310 g/mol. The second-order valence-electron chi connectivity index (χ2n) is 5.73. The highest BCUT2D eigenvalue weighted by molar-refractivity contribution is 7.91. The van der Waals surface area contributed by atoms with Crippen molar-refractivity contribution in [2.45, 2.75) is 51.6 Å². The lowest BCUT2D eigenvalue weighted by molar-refractivity contribution is 0.0951. The number of benzene rings is 1. The Morgan fingerprint density at radius 3 is 2.00 bits per heavy atom. The van der Waals surface area contributed by atoms with Crippen LogP contribution in [0, 0.1) is 6.92 Å². The third kappa shape index (κ3) is 4.77. The summed E-state index contributed by atoms with van der Waals surface area (Å²) in [5.41, 5.74) is 1.000. The highest BCUT2D eigenvalue weighted by Crippen LogP contribution is 2.16. The van der Waals surface area contributed by atoms with E-state index in [1.165, 1.54) is 6.08 Å². The van der Waals surface area contributed by atoms with Gasteiger partial charge in [-0.05, 0) is 52.8 Å². The van der Waals surface area contributed by atoms with Crippen molar-refractivity contribution in [3.05, 3.63) is 41.8 Å². The van der Waals surface area contributed by atoms with E-state index in [0.29, 0.717) is 0 Å². The number of hydrogen-bond acceptors (Lipinski definition) is 3. The summed E-state index contributed by atoms with van der Waals surface area (Å²) in [6.45, 7) is 9.57. The molecule has 5 heteroatoms. The Hall–Kier alpha value is -1.49. The molecule has 0 aromatic heterocycles. The molecule has 0 saturated carbocycles. The molecule has 0 bridgehead atoms. The van der Waals surface area contributed by atoms with E-state index < -0.39 is 9.84 Å². The van der Waals surface area contributed by atoms with Crippen molar-refractivity contribution in [2.24, 2.45) is 0 Å². The van der Waals surface area contributed by atoms with E-state index in [4.69, 9.17) is 0 Å². The van der Waals surface area contributed by atoms with Crippen LogP contribution in [0.15, 0.2) is 41.1 Å². The molecule has 0 aliphatic heterocycles. The molecule has 117 valence electrons. The van der Waals surface area contributed by atoms with Gasteiger partial charge in [0.2, 0.25) is 5.88 Å². The van der Waals surface area contributed by atoms with Crippen LogP contribution < -0.4 is 0 Å². The molecule has 0 unspecified atom stereocenters. The van der Waals surface area contributed by atoms with Crippen LogP contribution >= 0.6 is 0 Å². The fourth-order valence-electron chi connectivity index (χ4n) is 2.23. The van der Waals surface area contributed by atoms with Gasteiger partial charge in [-0.15, -0.1) is 0 Å². The van der Waals surface area contributed by atoms with Crippen molar-refractivity contribution in [2.75, 3.05) is 5.75 Å². The average molecular weight is 310 g/mol. The van der Waals surface area contributed by atoms with Crippen LogP contribution in [-0.2, 0) is 14.9 Å². The predicted molar refractivity (Wildman–Crippen MR) is 84.1 cm³/mol. The highest BCUT2D eigenvalue weighted by Gasteiger charge is 2.19. The molecule has 0 atom stereocenters. The zero-order chi connectivity index (χ0) is 16.2. The Morgan fingerprint density at radius 1 is 1.10 bits per heavy atom. The molecule has 21 heavy (non-hydrogen) atoms. The maximum Gasteiger partial charge on any atom is 0.244 e. The normalized spacial score (nSPS) is 13.0. The van der Waals surface area contributed by atoms with E-state index in [0.717, 1.165) is 5.56 Å². The third-order valence-corrected chi connectivity index (χ3v) is 4.82. The van der Waals surface area contributed by atoms with Crippen LogP contribution in [0.3, 0.4) is 0 Å². The van der Waals surface area contributed by atoms with Crippen molar-refractivity contribution < 1.29 is 13.5 Å². The maximum absolute atomic E-state index is 12.2. The minimum Gasteiger partial charge on any atom is -0.335 e. The number of sulfone groups is 1. The summed E-state index contributed by atoms with van der Waals surface area (Å²) in [6, 6.07) is 6.73. The summed E-state index contributed by atoms with van der Waals surface area (Å²) in [6.07, 6.45) is 1.26. The summed E-state index contributed by atoms with van der Waals surface area (Å²) in [7, 11) is -3.46. The van der Waals surface area contributed by atoms with Crippen molar-refractivity contribution >= 4 is 9.84 Å². The first-order valence-corrected chi connectivity index (χ1v) is 8.75. The molecule has 0 aliphatic carbocycles. The largest absolute Gasteiger partial charge is 0.335 e. The molecule has 0 spiro atoms. The minimum atomic E-state index is -3.46. The zero-order valence-corrected chi connectivity index (χ0v) is 14.1. The zero-order valence-electron chi connectivity index (χ0n) is 13.3. The first kappa shape index (κ1) is 17.6. The fourth-order valence-corrected chi connectivity index (χ4v) is 3.34. The molecule has 4 nitrogen and oxygen atoms in total. The quantitative estimate of drug-likeness (QED) is 0.758. The lowest BCUT2D eigenvalue weighted by atomic mass is 10.2. The summed E-state index contributed by atoms with van der Waals surface area (Å²) in [5.74, 6) is -0.513. The average Bonchev–Trinajstić information content (AvgIpc) is 2.36. The first-order chi connectivity index (χ1) is 9.65. The van der Waals surface area contributed by atoms with Gasteiger partial charge in [-0.1, -0.05) is 17.7 Å². The molecule has 0 aliphatic rings. The predicted octanol–water partition coefficient (Wildman–Crippen LogP) is 3.16. The molecular formula is C16H24NO3S. The van der Waals surface area contributed by atoms with Crippen LogP contribution in [0.1, 0.15) is 33.3 Å². The molecule has 0 N–H and O–H groups in total. The molecule has 0 saturated heterocycles. The number of aryl methyl sites for hydroxylation is 1. The van der Waals surface area contributed by atoms with Gasteiger partial charge in [0.15, 0.2) is 9.84 Å². The van der Waals surface area contributed by atoms with Gasteiger partial charge < -0.3 is 4.90 Å². The van der Waals surface area contributed by atoms with Crippen molar-refractivity contribution in [1.29, 1.82) is 0 Å². The maximum atomic E-state index is 12.2. The molecular weight excluding hydrogens is 286 g/mol. The van der Waals surface area contributed by atoms with Gasteiger partial charge in [0, 0.05) is 12.1 Å². The Morgan fingerprint density at radius 2 is 1.57 bits per heavy atom. The Balaban J connectivity index is 2.94. The van der Waals surface area contributed by atoms with Crippen molar-refractivity contribution in [3.8, 4) is 0 Å². The molecule has 0 fully saturated rings. The molecule has 1 rings (SSSR count). The summed E-state index contributed by atoms with van der Waals surface area (Å²) in [4.78, 5) is 1.92. The summed E-state index contributed by atoms with van der Waals surface area (Å²) < 4.78 is 24.4. The van der Waals surface area contributed by atoms with E-state index in [9.17, 15) is 13.5 Å². The van der Waals surface area contributed by atoms with Crippen LogP contribution in [0.25, 0.3) is 0 Å². The lowest BCUT2D eigenvalue weighted by Crippen LogP contribution is -2.36. The summed E-state index contributed by atoms with van der Waals surface area (Å²) >= 11 is 0. The molecule has 0 heterocycles. The van der Waals surface area contributed by atoms with Crippen LogP contribution in [0.5, 0.6) is 0 Å². The third-order valence-electron chi connectivity index (χ3n) is 3.22. The van der Waals surface area contributed by atoms with E-state index in [2.05, 4.69) is 0 Å². The Kier molecular flexibility index (Phi) is 5.84. The smallest absolute Gasteiger partial charge is 0.244 e. The van der Waals surface area contributed by atoms with E-state index in [-0.39, 0.29) is 28.6 Å². The van der Waals surface area contributed by atoms with E-state index in [1.54, 1.807) is 29.2 Å². The molecule has 1 aromatic carbocycles. The topological polar surface area (TPSA) is 57.3 Å². The Bertz CT molecular complexity index is 578.